The van der Waals surface area contributed by atoms with Crippen LogP contribution in [0.25, 0.3) is 0 Å². The van der Waals surface area contributed by atoms with Crippen LogP contribution in [0.5, 0.6) is 5.75 Å². The molecule has 0 aromatic heterocycles. The summed E-state index contributed by atoms with van der Waals surface area (Å²) in [5.74, 6) is -0.187. The lowest BCUT2D eigenvalue weighted by Gasteiger charge is -2.27. The van der Waals surface area contributed by atoms with Crippen LogP contribution in [-0.4, -0.2) is 23.7 Å². The molecule has 0 spiro atoms. The first-order chi connectivity index (χ1) is 9.72. The van der Waals surface area contributed by atoms with Gasteiger partial charge in [0, 0.05) is 11.6 Å². The molecule has 1 fully saturated rings. The molecule has 1 atom stereocenters. The number of para-hydroxylation sites is 1. The number of hydrogen-bond acceptors (Lipinski definition) is 3. The van der Waals surface area contributed by atoms with Crippen molar-refractivity contribution in [1.29, 1.82) is 0 Å². The Morgan fingerprint density at radius 2 is 2.05 bits per heavy atom. The van der Waals surface area contributed by atoms with Gasteiger partial charge in [0.1, 0.15) is 11.8 Å². The molecule has 4 heteroatoms. The Bertz CT molecular complexity index is 441. The summed E-state index contributed by atoms with van der Waals surface area (Å²) in [5, 5.41) is 12.8. The summed E-state index contributed by atoms with van der Waals surface area (Å²) in [6.45, 7) is 2.44. The van der Waals surface area contributed by atoms with Crippen LogP contribution in [-0.2, 0) is 4.79 Å². The average Bonchev–Trinajstić information content (AvgIpc) is 2.47. The third-order valence-corrected chi connectivity index (χ3v) is 3.78. The molecule has 1 aliphatic rings. The van der Waals surface area contributed by atoms with Crippen LogP contribution in [0.4, 0.5) is 0 Å². The van der Waals surface area contributed by atoms with E-state index in [1.165, 1.54) is 19.3 Å². The monoisotopic (exact) mass is 277 g/mol. The van der Waals surface area contributed by atoms with Crippen LogP contribution < -0.4 is 10.1 Å². The van der Waals surface area contributed by atoms with Gasteiger partial charge in [-0.3, -0.25) is 10.1 Å². The predicted octanol–water partition coefficient (Wildman–Crippen LogP) is 3.13. The van der Waals surface area contributed by atoms with Gasteiger partial charge in [-0.2, -0.15) is 0 Å². The van der Waals surface area contributed by atoms with Crippen molar-refractivity contribution < 1.29 is 14.6 Å². The average molecular weight is 277 g/mol. The summed E-state index contributed by atoms with van der Waals surface area (Å²) in [6, 6.07) is 6.99. The Morgan fingerprint density at radius 1 is 1.35 bits per heavy atom. The van der Waals surface area contributed by atoms with E-state index in [4.69, 9.17) is 4.74 Å². The molecule has 0 amide bonds. The number of aliphatic carboxylic acids is 1. The van der Waals surface area contributed by atoms with E-state index in [9.17, 15) is 9.90 Å². The third kappa shape index (κ3) is 3.73. The SMILES string of the molecule is CCOc1ccccc1C(NC1CCCCC1)C(=O)O. The molecule has 2 N–H and O–H groups in total. The summed E-state index contributed by atoms with van der Waals surface area (Å²) < 4.78 is 5.55. The summed E-state index contributed by atoms with van der Waals surface area (Å²) in [6.07, 6.45) is 5.72. The molecule has 1 saturated carbocycles. The number of rotatable bonds is 6. The Morgan fingerprint density at radius 3 is 2.70 bits per heavy atom. The van der Waals surface area contributed by atoms with E-state index in [-0.39, 0.29) is 0 Å². The zero-order valence-electron chi connectivity index (χ0n) is 12.0. The van der Waals surface area contributed by atoms with Crippen molar-refractivity contribution in [3.8, 4) is 5.75 Å². The fourth-order valence-corrected chi connectivity index (χ4v) is 2.81. The van der Waals surface area contributed by atoms with E-state index in [0.717, 1.165) is 12.8 Å². The zero-order valence-corrected chi connectivity index (χ0v) is 12.0. The molecular formula is C16H23NO3. The highest BCUT2D eigenvalue weighted by atomic mass is 16.5. The quantitative estimate of drug-likeness (QED) is 0.838. The minimum atomic E-state index is -0.845. The van der Waals surface area contributed by atoms with E-state index in [2.05, 4.69) is 5.32 Å². The molecule has 1 aliphatic carbocycles. The molecule has 0 heterocycles. The van der Waals surface area contributed by atoms with Gasteiger partial charge in [-0.15, -0.1) is 0 Å². The number of carbonyl (C=O) groups is 1. The summed E-state index contributed by atoms with van der Waals surface area (Å²) >= 11 is 0. The maximum Gasteiger partial charge on any atom is 0.325 e. The van der Waals surface area contributed by atoms with Crippen LogP contribution >= 0.6 is 0 Å². The number of benzene rings is 1. The van der Waals surface area contributed by atoms with Crippen LogP contribution in [0.15, 0.2) is 24.3 Å². The van der Waals surface area contributed by atoms with E-state index in [0.29, 0.717) is 24.0 Å². The van der Waals surface area contributed by atoms with Crippen molar-refractivity contribution in [3.63, 3.8) is 0 Å². The number of carboxylic acid groups (broad SMARTS) is 1. The van der Waals surface area contributed by atoms with Crippen molar-refractivity contribution in [3.05, 3.63) is 29.8 Å². The Balaban J connectivity index is 2.17. The summed E-state index contributed by atoms with van der Waals surface area (Å²) in [5.41, 5.74) is 0.715. The summed E-state index contributed by atoms with van der Waals surface area (Å²) in [4.78, 5) is 11.6. The molecule has 1 aromatic rings. The highest BCUT2D eigenvalue weighted by molar-refractivity contribution is 5.76. The van der Waals surface area contributed by atoms with Crippen molar-refractivity contribution in [2.24, 2.45) is 0 Å². The molecular weight excluding hydrogens is 254 g/mol. The number of nitrogens with one attached hydrogen (secondary N) is 1. The maximum atomic E-state index is 11.6. The lowest BCUT2D eigenvalue weighted by atomic mass is 9.94. The van der Waals surface area contributed by atoms with Gasteiger partial charge >= 0.3 is 5.97 Å². The van der Waals surface area contributed by atoms with Gasteiger partial charge in [-0.25, -0.2) is 0 Å². The first-order valence-electron chi connectivity index (χ1n) is 7.43. The number of carboxylic acids is 1. The van der Waals surface area contributed by atoms with Crippen LogP contribution in [0.1, 0.15) is 50.6 Å². The van der Waals surface area contributed by atoms with Gasteiger partial charge in [0.2, 0.25) is 0 Å². The third-order valence-electron chi connectivity index (χ3n) is 3.78. The van der Waals surface area contributed by atoms with Gasteiger partial charge in [-0.1, -0.05) is 37.5 Å². The molecule has 0 bridgehead atoms. The van der Waals surface area contributed by atoms with Crippen LogP contribution in [0, 0.1) is 0 Å². The van der Waals surface area contributed by atoms with Crippen LogP contribution in [0.2, 0.25) is 0 Å². The van der Waals surface area contributed by atoms with Crippen LogP contribution in [0.3, 0.4) is 0 Å². The van der Waals surface area contributed by atoms with Gasteiger partial charge in [0.05, 0.1) is 6.61 Å². The van der Waals surface area contributed by atoms with Crippen molar-refractivity contribution in [2.75, 3.05) is 6.61 Å². The lowest BCUT2D eigenvalue weighted by molar-refractivity contribution is -0.140. The fraction of sp³-hybridized carbons (Fsp3) is 0.562. The van der Waals surface area contributed by atoms with Crippen molar-refractivity contribution in [2.45, 2.75) is 51.1 Å². The molecule has 0 radical (unpaired) electrons. The van der Waals surface area contributed by atoms with Gasteiger partial charge < -0.3 is 9.84 Å². The minimum Gasteiger partial charge on any atom is -0.494 e. The molecule has 2 rings (SSSR count). The largest absolute Gasteiger partial charge is 0.494 e. The van der Waals surface area contributed by atoms with E-state index >= 15 is 0 Å². The first-order valence-corrected chi connectivity index (χ1v) is 7.43. The maximum absolute atomic E-state index is 11.6. The molecule has 110 valence electrons. The minimum absolute atomic E-state index is 0.291. The second-order valence-corrected chi connectivity index (χ2v) is 5.24. The highest BCUT2D eigenvalue weighted by Gasteiger charge is 2.26. The van der Waals surface area contributed by atoms with E-state index in [1.54, 1.807) is 0 Å². The van der Waals surface area contributed by atoms with E-state index in [1.807, 2.05) is 31.2 Å². The molecule has 0 aliphatic heterocycles. The Hall–Kier alpha value is -1.55. The number of ether oxygens (including phenoxy) is 1. The molecule has 0 saturated heterocycles. The normalized spacial score (nSPS) is 17.6. The summed E-state index contributed by atoms with van der Waals surface area (Å²) in [7, 11) is 0. The Kier molecular flexibility index (Phi) is 5.41. The highest BCUT2D eigenvalue weighted by Crippen LogP contribution is 2.28. The second-order valence-electron chi connectivity index (χ2n) is 5.24. The zero-order chi connectivity index (χ0) is 14.4. The van der Waals surface area contributed by atoms with Gasteiger partial charge in [-0.05, 0) is 25.8 Å². The van der Waals surface area contributed by atoms with Crippen molar-refractivity contribution >= 4 is 5.97 Å². The Labute approximate surface area is 120 Å². The number of hydrogen-bond donors (Lipinski definition) is 2. The van der Waals surface area contributed by atoms with Gasteiger partial charge in [0.25, 0.3) is 0 Å². The standard InChI is InChI=1S/C16H23NO3/c1-2-20-14-11-7-6-10-13(14)15(16(18)19)17-12-8-4-3-5-9-12/h6-7,10-12,15,17H,2-5,8-9H2,1H3,(H,18,19). The molecule has 20 heavy (non-hydrogen) atoms. The lowest BCUT2D eigenvalue weighted by Crippen LogP contribution is -2.38. The second kappa shape index (κ2) is 7.29. The fourth-order valence-electron chi connectivity index (χ4n) is 2.81. The smallest absolute Gasteiger partial charge is 0.325 e. The molecule has 4 nitrogen and oxygen atoms in total. The predicted molar refractivity (Wildman–Crippen MR) is 78.0 cm³/mol. The molecule has 1 unspecified atom stereocenters. The first kappa shape index (κ1) is 14.9. The molecule has 1 aromatic carbocycles. The topological polar surface area (TPSA) is 58.6 Å². The van der Waals surface area contributed by atoms with Crippen molar-refractivity contribution in [1.82, 2.24) is 5.32 Å². The van der Waals surface area contributed by atoms with Gasteiger partial charge in [0.15, 0.2) is 0 Å². The van der Waals surface area contributed by atoms with E-state index < -0.39 is 12.0 Å².